The Kier molecular flexibility index (Phi) is 3.40. The third-order valence-corrected chi connectivity index (χ3v) is 3.24. The zero-order valence-electron chi connectivity index (χ0n) is 9.34. The van der Waals surface area contributed by atoms with E-state index in [0.29, 0.717) is 21.4 Å². The van der Waals surface area contributed by atoms with Crippen LogP contribution in [0.1, 0.15) is 6.92 Å². The van der Waals surface area contributed by atoms with E-state index in [1.54, 1.807) is 24.4 Å². The highest BCUT2D eigenvalue weighted by Crippen LogP contribution is 2.20. The molecule has 0 radical (unpaired) electrons. The Morgan fingerprint density at radius 3 is 2.88 bits per heavy atom. The SMILES string of the molecule is C=C(C)Cn1cc(Br)c(=O)c2ccc(Cl)cc21. The van der Waals surface area contributed by atoms with Gasteiger partial charge in [-0.15, -0.1) is 0 Å². The summed E-state index contributed by atoms with van der Waals surface area (Å²) in [5.41, 5.74) is 1.82. The van der Waals surface area contributed by atoms with Crippen molar-refractivity contribution in [3.8, 4) is 0 Å². The summed E-state index contributed by atoms with van der Waals surface area (Å²) >= 11 is 9.25. The van der Waals surface area contributed by atoms with Gasteiger partial charge in [0, 0.05) is 23.2 Å². The first kappa shape index (κ1) is 12.4. The first-order valence-corrected chi connectivity index (χ1v) is 6.28. The third-order valence-electron chi connectivity index (χ3n) is 2.44. The maximum Gasteiger partial charge on any atom is 0.203 e. The van der Waals surface area contributed by atoms with Gasteiger partial charge in [0.1, 0.15) is 0 Å². The second-order valence-corrected chi connectivity index (χ2v) is 5.34. The van der Waals surface area contributed by atoms with E-state index in [0.717, 1.165) is 11.1 Å². The van der Waals surface area contributed by atoms with Crippen molar-refractivity contribution in [1.29, 1.82) is 0 Å². The normalized spacial score (nSPS) is 10.8. The zero-order valence-corrected chi connectivity index (χ0v) is 11.7. The van der Waals surface area contributed by atoms with E-state index in [-0.39, 0.29) is 5.43 Å². The topological polar surface area (TPSA) is 22.0 Å². The van der Waals surface area contributed by atoms with Crippen LogP contribution in [0.5, 0.6) is 0 Å². The van der Waals surface area contributed by atoms with Crippen LogP contribution in [-0.4, -0.2) is 4.57 Å². The first-order valence-electron chi connectivity index (χ1n) is 5.11. The quantitative estimate of drug-likeness (QED) is 0.768. The molecule has 17 heavy (non-hydrogen) atoms. The van der Waals surface area contributed by atoms with E-state index in [2.05, 4.69) is 22.5 Å². The molecule has 0 atom stereocenters. The molecule has 4 heteroatoms. The van der Waals surface area contributed by atoms with Crippen molar-refractivity contribution in [2.75, 3.05) is 0 Å². The Labute approximate surface area is 113 Å². The maximum absolute atomic E-state index is 12.0. The van der Waals surface area contributed by atoms with Gasteiger partial charge in [-0.1, -0.05) is 23.8 Å². The van der Waals surface area contributed by atoms with E-state index < -0.39 is 0 Å². The lowest BCUT2D eigenvalue weighted by molar-refractivity contribution is 0.809. The molecule has 2 aromatic rings. The predicted octanol–water partition coefficient (Wildman–Crippen LogP) is 3.99. The van der Waals surface area contributed by atoms with Crippen molar-refractivity contribution in [1.82, 2.24) is 4.57 Å². The molecule has 0 saturated carbocycles. The first-order chi connectivity index (χ1) is 7.99. The molecule has 0 saturated heterocycles. The van der Waals surface area contributed by atoms with Gasteiger partial charge in [-0.05, 0) is 41.1 Å². The standard InChI is InChI=1S/C13H11BrClNO/c1-8(2)6-16-7-11(14)13(17)10-4-3-9(15)5-12(10)16/h3-5,7H,1,6H2,2H3. The molecule has 0 fully saturated rings. The molecule has 0 bridgehead atoms. The van der Waals surface area contributed by atoms with Crippen LogP contribution in [-0.2, 0) is 6.54 Å². The van der Waals surface area contributed by atoms with Gasteiger partial charge >= 0.3 is 0 Å². The van der Waals surface area contributed by atoms with Crippen LogP contribution in [0.4, 0.5) is 0 Å². The van der Waals surface area contributed by atoms with Gasteiger partial charge in [-0.3, -0.25) is 4.79 Å². The number of hydrogen-bond donors (Lipinski definition) is 0. The molecule has 1 aromatic heterocycles. The van der Waals surface area contributed by atoms with Gasteiger partial charge in [-0.2, -0.15) is 0 Å². The predicted molar refractivity (Wildman–Crippen MR) is 75.7 cm³/mol. The molecule has 0 aliphatic rings. The number of benzene rings is 1. The van der Waals surface area contributed by atoms with Crippen LogP contribution < -0.4 is 5.43 Å². The second kappa shape index (κ2) is 4.67. The molecule has 0 unspecified atom stereocenters. The van der Waals surface area contributed by atoms with Crippen LogP contribution in [0.15, 0.2) is 45.8 Å². The van der Waals surface area contributed by atoms with Crippen LogP contribution in [0.25, 0.3) is 10.9 Å². The highest BCUT2D eigenvalue weighted by atomic mass is 79.9. The molecule has 0 N–H and O–H groups in total. The van der Waals surface area contributed by atoms with E-state index in [4.69, 9.17) is 11.6 Å². The van der Waals surface area contributed by atoms with Crippen molar-refractivity contribution in [2.45, 2.75) is 13.5 Å². The Balaban J connectivity index is 2.82. The molecule has 0 aliphatic carbocycles. The number of allylic oxidation sites excluding steroid dienone is 1. The van der Waals surface area contributed by atoms with Gasteiger partial charge in [0.25, 0.3) is 0 Å². The third kappa shape index (κ3) is 2.45. The Hall–Kier alpha value is -1.06. The second-order valence-electron chi connectivity index (χ2n) is 4.05. The van der Waals surface area contributed by atoms with Crippen LogP contribution in [0.3, 0.4) is 0 Å². The molecule has 0 aliphatic heterocycles. The highest BCUT2D eigenvalue weighted by molar-refractivity contribution is 9.10. The largest absolute Gasteiger partial charge is 0.342 e. The molecule has 2 rings (SSSR count). The van der Waals surface area contributed by atoms with Gasteiger partial charge in [0.2, 0.25) is 5.43 Å². The molecule has 2 nitrogen and oxygen atoms in total. The lowest BCUT2D eigenvalue weighted by Crippen LogP contribution is -2.10. The van der Waals surface area contributed by atoms with E-state index >= 15 is 0 Å². The fourth-order valence-electron chi connectivity index (χ4n) is 1.75. The Bertz CT molecular complexity index is 660. The Morgan fingerprint density at radius 1 is 1.53 bits per heavy atom. The van der Waals surface area contributed by atoms with Crippen molar-refractivity contribution in [2.24, 2.45) is 0 Å². The monoisotopic (exact) mass is 311 g/mol. The molecular weight excluding hydrogens is 302 g/mol. The molecular formula is C13H11BrClNO. The molecule has 1 heterocycles. The molecule has 88 valence electrons. The fraction of sp³-hybridized carbons (Fsp3) is 0.154. The number of rotatable bonds is 2. The smallest absolute Gasteiger partial charge is 0.203 e. The van der Waals surface area contributed by atoms with Crippen molar-refractivity contribution < 1.29 is 0 Å². The lowest BCUT2D eigenvalue weighted by Gasteiger charge is -2.11. The summed E-state index contributed by atoms with van der Waals surface area (Å²) < 4.78 is 2.52. The van der Waals surface area contributed by atoms with E-state index in [1.165, 1.54) is 0 Å². The Morgan fingerprint density at radius 2 is 2.24 bits per heavy atom. The van der Waals surface area contributed by atoms with Crippen LogP contribution in [0.2, 0.25) is 5.02 Å². The van der Waals surface area contributed by atoms with Crippen LogP contribution >= 0.6 is 27.5 Å². The number of fused-ring (bicyclic) bond motifs is 1. The van der Waals surface area contributed by atoms with Crippen molar-refractivity contribution in [3.05, 3.63) is 56.3 Å². The minimum absolute atomic E-state index is 0.0189. The summed E-state index contributed by atoms with van der Waals surface area (Å²) in [6, 6.07) is 5.27. The summed E-state index contributed by atoms with van der Waals surface area (Å²) in [7, 11) is 0. The number of aromatic nitrogens is 1. The number of pyridine rings is 1. The van der Waals surface area contributed by atoms with Gasteiger partial charge in [0.05, 0.1) is 9.99 Å². The van der Waals surface area contributed by atoms with Gasteiger partial charge in [-0.25, -0.2) is 0 Å². The highest BCUT2D eigenvalue weighted by Gasteiger charge is 2.07. The van der Waals surface area contributed by atoms with Gasteiger partial charge < -0.3 is 4.57 Å². The minimum atomic E-state index is -0.0189. The minimum Gasteiger partial charge on any atom is -0.342 e. The number of halogens is 2. The molecule has 1 aromatic carbocycles. The lowest BCUT2D eigenvalue weighted by atomic mass is 10.2. The summed E-state index contributed by atoms with van der Waals surface area (Å²) in [6.45, 7) is 6.49. The van der Waals surface area contributed by atoms with Gasteiger partial charge in [0.15, 0.2) is 0 Å². The van der Waals surface area contributed by atoms with Crippen LogP contribution in [0, 0.1) is 0 Å². The maximum atomic E-state index is 12.0. The summed E-state index contributed by atoms with van der Waals surface area (Å²) in [5.74, 6) is 0. The van der Waals surface area contributed by atoms with E-state index in [9.17, 15) is 4.79 Å². The molecule has 0 spiro atoms. The number of nitrogens with zero attached hydrogens (tertiary/aromatic N) is 1. The summed E-state index contributed by atoms with van der Waals surface area (Å²) in [5, 5.41) is 1.28. The molecule has 0 amide bonds. The van der Waals surface area contributed by atoms with Crippen molar-refractivity contribution in [3.63, 3.8) is 0 Å². The van der Waals surface area contributed by atoms with E-state index in [1.807, 2.05) is 11.5 Å². The summed E-state index contributed by atoms with van der Waals surface area (Å²) in [4.78, 5) is 12.0. The fourth-order valence-corrected chi connectivity index (χ4v) is 2.38. The number of hydrogen-bond acceptors (Lipinski definition) is 1. The average Bonchev–Trinajstić information content (AvgIpc) is 2.25. The zero-order chi connectivity index (χ0) is 12.6. The summed E-state index contributed by atoms with van der Waals surface area (Å²) in [6.07, 6.45) is 1.77. The van der Waals surface area contributed by atoms with Crippen molar-refractivity contribution >= 4 is 38.4 Å². The average molecular weight is 313 g/mol.